The van der Waals surface area contributed by atoms with Crippen LogP contribution in [-0.4, -0.2) is 119 Å². The normalized spacial score (nSPS) is 15.9. The summed E-state index contributed by atoms with van der Waals surface area (Å²) in [6.07, 6.45) is 6.52. The number of nitrogens with zero attached hydrogens (tertiary/aromatic N) is 2. The predicted octanol–water partition coefficient (Wildman–Crippen LogP) is 4.91. The maximum atomic E-state index is 12.8. The number of benzene rings is 4. The van der Waals surface area contributed by atoms with Crippen LogP contribution in [0.2, 0.25) is 0 Å². The molecule has 0 spiro atoms. The number of carbonyl (C=O) groups is 1. The number of rotatable bonds is 19. The Balaban J connectivity index is 0.000000722. The minimum atomic E-state index is -5.35. The monoisotopic (exact) mass is 1090 g/mol. The summed E-state index contributed by atoms with van der Waals surface area (Å²) in [6, 6.07) is 13.0. The molecule has 0 amide bonds. The van der Waals surface area contributed by atoms with E-state index in [2.05, 4.69) is 41.5 Å². The van der Waals surface area contributed by atoms with Gasteiger partial charge in [0.15, 0.2) is 5.71 Å². The smallest absolute Gasteiger partial charge is 0.303 e. The Kier molecular flexibility index (Phi) is 20.1. The van der Waals surface area contributed by atoms with Crippen LogP contribution in [-0.2, 0) is 56.1 Å². The van der Waals surface area contributed by atoms with Gasteiger partial charge in [-0.05, 0) is 134 Å². The number of hydrogen-bond acceptors (Lipinski definition) is 14. The van der Waals surface area contributed by atoms with E-state index in [4.69, 9.17) is 5.11 Å². The molecule has 0 radical (unpaired) electrons. The highest BCUT2D eigenvalue weighted by molar-refractivity contribution is 7.86. The third-order valence-corrected chi connectivity index (χ3v) is 17.0. The van der Waals surface area contributed by atoms with Gasteiger partial charge in [-0.3, -0.25) is 4.79 Å². The predicted molar refractivity (Wildman–Crippen MR) is 275 cm³/mol. The molecule has 0 unspecified atom stereocenters. The molecular weight excluding hydrogens is 1020 g/mol. The van der Waals surface area contributed by atoms with E-state index in [1.807, 2.05) is 18.4 Å². The molecule has 0 atom stereocenters. The molecule has 402 valence electrons. The summed E-state index contributed by atoms with van der Waals surface area (Å²) in [5, 5.41) is 8.86. The van der Waals surface area contributed by atoms with Gasteiger partial charge in [0, 0.05) is 52.7 Å². The summed E-state index contributed by atoms with van der Waals surface area (Å²) in [4.78, 5) is 13.3. The highest BCUT2D eigenvalue weighted by Crippen LogP contribution is 2.55. The second kappa shape index (κ2) is 24.2. The average molecular weight is 1090 g/mol. The zero-order valence-electron chi connectivity index (χ0n) is 43.1. The van der Waals surface area contributed by atoms with Gasteiger partial charge in [-0.2, -0.15) is 4.58 Å². The van der Waals surface area contributed by atoms with Crippen molar-refractivity contribution in [2.45, 2.75) is 125 Å². The van der Waals surface area contributed by atoms with Gasteiger partial charge in [0.25, 0.3) is 0 Å². The third kappa shape index (κ3) is 14.3. The zero-order valence-corrected chi connectivity index (χ0v) is 46.4. The van der Waals surface area contributed by atoms with Crippen molar-refractivity contribution in [3.63, 3.8) is 0 Å². The molecule has 3 N–H and O–H groups in total. The largest absolute Gasteiger partial charge is 0.744 e. The van der Waals surface area contributed by atoms with Crippen LogP contribution in [0.5, 0.6) is 0 Å². The number of carboxylic acid groups (broad SMARTS) is 1. The van der Waals surface area contributed by atoms with Gasteiger partial charge in [0.1, 0.15) is 47.0 Å². The standard InChI is InChI=1S/C39H40N2O14S4.2C6H15N/c1-38(2)30-22-27(58(50,51)52)16-18-31(30)40(19-7-5-6-14-36(42)43)34(38)12-9-13-35-39(3,4)37-28-17-15-26(57(47,48)49)21-29(28)33(59(53,54)55)23-32(37)41(35)24-10-8-11-25(20-24)56(44,45)46;2*1-4-7(5-2)6-3/h8-13,15-18,20-23H,5-7,14,19H2,1-4H3,(H4-,42,43,44,45,46,47,48,49,50,51,52,53,54,55);2*4-6H2,1-3H3/p-1. The molecule has 22 heteroatoms. The van der Waals surface area contributed by atoms with Gasteiger partial charge in [-0.25, -0.2) is 33.7 Å². The minimum Gasteiger partial charge on any atom is -0.744 e. The lowest BCUT2D eigenvalue weighted by molar-refractivity contribution is -0.894. The first-order chi connectivity index (χ1) is 33.8. The highest BCUT2D eigenvalue weighted by Gasteiger charge is 2.46. The summed E-state index contributed by atoms with van der Waals surface area (Å²) in [6.45, 7) is 28.5. The number of nitrogens with one attached hydrogen (secondary N) is 2. The number of fused-ring (bicyclic) bond motifs is 4. The fourth-order valence-electron chi connectivity index (χ4n) is 9.43. The number of quaternary nitrogens is 2. The molecule has 0 aromatic heterocycles. The molecule has 0 fully saturated rings. The number of aliphatic carboxylic acids is 1. The van der Waals surface area contributed by atoms with E-state index in [1.165, 1.54) is 80.6 Å². The molecule has 0 saturated heterocycles. The van der Waals surface area contributed by atoms with Gasteiger partial charge in [0.05, 0.1) is 70.0 Å². The molecule has 4 aromatic carbocycles. The fourth-order valence-corrected chi connectivity index (χ4v) is 11.6. The SMILES string of the molecule is CC1(C)C(/C=C/C=C2/N(c3cccc(S(=O)(=O)[O-])c3)c3cc(S(=O)(=O)[O-])c4cc(S(=O)(=O)[O-])ccc4c3C2(C)C)=[N+](CCCCCC(=O)O)c2ccc(S(=O)(=O)[O-])cc21.CC[NH+](CC)CC.CC[NH+](CC)CC. The van der Waals surface area contributed by atoms with E-state index >= 15 is 0 Å². The molecular formula is C51H69N4O14S4-. The molecule has 2 aliphatic rings. The van der Waals surface area contributed by atoms with Crippen molar-refractivity contribution in [3.8, 4) is 0 Å². The lowest BCUT2D eigenvalue weighted by Crippen LogP contribution is -3.11. The van der Waals surface area contributed by atoms with Crippen molar-refractivity contribution in [1.82, 2.24) is 0 Å². The Bertz CT molecular complexity index is 3210. The Labute approximate surface area is 431 Å². The Morgan fingerprint density at radius 1 is 0.630 bits per heavy atom. The molecule has 4 aromatic rings. The van der Waals surface area contributed by atoms with E-state index in [1.54, 1.807) is 41.9 Å². The zero-order chi connectivity index (χ0) is 55.1. The highest BCUT2D eigenvalue weighted by atomic mass is 32.2. The summed E-state index contributed by atoms with van der Waals surface area (Å²) >= 11 is 0. The van der Waals surface area contributed by atoms with Crippen molar-refractivity contribution >= 4 is 80.0 Å². The van der Waals surface area contributed by atoms with Gasteiger partial charge < -0.3 is 38.0 Å². The van der Waals surface area contributed by atoms with E-state index in [0.717, 1.165) is 30.3 Å². The number of allylic oxidation sites excluding steroid dienone is 4. The van der Waals surface area contributed by atoms with Crippen LogP contribution in [0.3, 0.4) is 0 Å². The Hall–Kier alpha value is -4.88. The Morgan fingerprint density at radius 2 is 1.15 bits per heavy atom. The first kappa shape index (κ1) is 60.7. The molecule has 0 bridgehead atoms. The van der Waals surface area contributed by atoms with Crippen LogP contribution in [0.4, 0.5) is 17.1 Å². The van der Waals surface area contributed by atoms with Gasteiger partial charge in [0.2, 0.25) is 5.69 Å². The Morgan fingerprint density at radius 3 is 1.64 bits per heavy atom. The summed E-state index contributed by atoms with van der Waals surface area (Å²) < 4.78 is 149. The molecule has 0 saturated carbocycles. The quantitative estimate of drug-likeness (QED) is 0.0639. The van der Waals surface area contributed by atoms with Crippen LogP contribution >= 0.6 is 0 Å². The third-order valence-electron chi connectivity index (χ3n) is 13.7. The van der Waals surface area contributed by atoms with E-state index < -0.39 is 76.9 Å². The topological polar surface area (TPSA) is 281 Å². The number of unbranched alkanes of at least 4 members (excludes halogenated alkanes) is 2. The van der Waals surface area contributed by atoms with E-state index in [0.29, 0.717) is 54.0 Å². The van der Waals surface area contributed by atoms with Gasteiger partial charge in [-0.1, -0.05) is 32.1 Å². The minimum absolute atomic E-state index is 0.0222. The van der Waals surface area contributed by atoms with Crippen LogP contribution in [0.15, 0.2) is 110 Å². The summed E-state index contributed by atoms with van der Waals surface area (Å²) in [5.74, 6) is -0.932. The number of hydrogen-bond donors (Lipinski definition) is 3. The average Bonchev–Trinajstić information content (AvgIpc) is 3.66. The molecule has 18 nitrogen and oxygen atoms in total. The molecule has 0 aliphatic carbocycles. The van der Waals surface area contributed by atoms with Crippen LogP contribution < -0.4 is 14.7 Å². The number of anilines is 2. The van der Waals surface area contributed by atoms with E-state index in [-0.39, 0.29) is 28.6 Å². The molecule has 6 rings (SSSR count). The van der Waals surface area contributed by atoms with Gasteiger partial charge >= 0.3 is 5.97 Å². The van der Waals surface area contributed by atoms with Crippen molar-refractivity contribution in [2.75, 3.05) is 50.7 Å². The van der Waals surface area contributed by atoms with E-state index in [9.17, 15) is 56.7 Å². The first-order valence-electron chi connectivity index (χ1n) is 24.3. The van der Waals surface area contributed by atoms with Gasteiger partial charge in [-0.15, -0.1) is 0 Å². The first-order valence-corrected chi connectivity index (χ1v) is 29.9. The second-order valence-electron chi connectivity index (χ2n) is 18.8. The van der Waals surface area contributed by atoms with Crippen molar-refractivity contribution in [1.29, 1.82) is 0 Å². The van der Waals surface area contributed by atoms with Crippen LogP contribution in [0.25, 0.3) is 10.8 Å². The van der Waals surface area contributed by atoms with Crippen molar-refractivity contribution in [2.24, 2.45) is 0 Å². The van der Waals surface area contributed by atoms with Crippen molar-refractivity contribution in [3.05, 3.63) is 102 Å². The second-order valence-corrected chi connectivity index (χ2v) is 24.3. The molecule has 73 heavy (non-hydrogen) atoms. The van der Waals surface area contributed by atoms with Crippen molar-refractivity contribution < 1.29 is 76.2 Å². The lowest BCUT2D eigenvalue weighted by atomic mass is 9.80. The van der Waals surface area contributed by atoms with Crippen LogP contribution in [0, 0.1) is 0 Å². The maximum absolute atomic E-state index is 12.8. The molecule has 2 aliphatic heterocycles. The number of carboxylic acids is 1. The summed E-state index contributed by atoms with van der Waals surface area (Å²) in [5.41, 5.74) is 0.630. The fraction of sp³-hybridized carbons (Fsp3) is 0.451. The maximum Gasteiger partial charge on any atom is 0.303 e. The molecule has 2 heterocycles. The lowest BCUT2D eigenvalue weighted by Gasteiger charge is -2.27. The van der Waals surface area contributed by atoms with Crippen LogP contribution in [0.1, 0.15) is 106 Å². The summed E-state index contributed by atoms with van der Waals surface area (Å²) in [7, 11) is -20.3.